The van der Waals surface area contributed by atoms with Crippen molar-refractivity contribution in [3.63, 3.8) is 0 Å². The fourth-order valence-corrected chi connectivity index (χ4v) is 4.38. The maximum absolute atomic E-state index is 12.0. The molecule has 0 heterocycles. The number of aromatic carboxylic acids is 3. The molecule has 0 atom stereocenters. The van der Waals surface area contributed by atoms with E-state index in [0.29, 0.717) is 0 Å². The number of hydrogen-bond donors (Lipinski definition) is 3. The minimum Gasteiger partial charge on any atom is -0.478 e. The van der Waals surface area contributed by atoms with Gasteiger partial charge in [0, 0.05) is 0 Å². The van der Waals surface area contributed by atoms with Gasteiger partial charge in [-0.2, -0.15) is 0 Å². The van der Waals surface area contributed by atoms with E-state index in [4.69, 9.17) is 14.2 Å². The SMILES string of the molecule is C=CCOC(=O)c1cc(C(=O)OCC=C)cc(C(=O)OCC=C)c1.C=CCc1c(C(=O)O)c(CC=C)c(C(=O)O)c(CC=C)c1C(=O)O. The Balaban J connectivity index is 0.000000480. The quantitative estimate of drug-likeness (QED) is 0.101. The van der Waals surface area contributed by atoms with Gasteiger partial charge in [0.05, 0.1) is 33.4 Å². The number of carboxylic acid groups (broad SMARTS) is 3. The standard InChI is InChI=1S/2C18H18O6/c1-4-7-22-16(19)13-10-14(17(20)23-8-5-2)12-15(11-13)18(21)24-9-6-3;1-4-7-10-13(16(19)20)11(8-5-2)15(18(23)24)12(9-6-3)14(10)17(21)22/h4-6,10-12H,1-3,7-9H2;4-6H,1-3,7-9H2,(H,19,20)(H,21,22)(H,23,24). The van der Waals surface area contributed by atoms with Crippen LogP contribution in [0.5, 0.6) is 0 Å². The largest absolute Gasteiger partial charge is 0.478 e. The van der Waals surface area contributed by atoms with Crippen LogP contribution in [0.3, 0.4) is 0 Å². The molecule has 0 fully saturated rings. The predicted molar refractivity (Wildman–Crippen MR) is 177 cm³/mol. The highest BCUT2D eigenvalue weighted by Gasteiger charge is 2.31. The zero-order chi connectivity index (χ0) is 36.4. The lowest BCUT2D eigenvalue weighted by Crippen LogP contribution is -2.21. The van der Waals surface area contributed by atoms with E-state index < -0.39 is 35.8 Å². The number of rotatable bonds is 18. The first-order valence-electron chi connectivity index (χ1n) is 14.1. The Kier molecular flexibility index (Phi) is 16.5. The van der Waals surface area contributed by atoms with Gasteiger partial charge in [-0.05, 0) is 54.2 Å². The molecule has 0 bridgehead atoms. The average molecular weight is 661 g/mol. The minimum absolute atomic E-state index is 0.000214. The van der Waals surface area contributed by atoms with Crippen molar-refractivity contribution in [2.24, 2.45) is 0 Å². The average Bonchev–Trinajstić information content (AvgIpc) is 3.04. The van der Waals surface area contributed by atoms with E-state index in [1.54, 1.807) is 0 Å². The summed E-state index contributed by atoms with van der Waals surface area (Å²) in [5, 5.41) is 28.7. The van der Waals surface area contributed by atoms with Gasteiger partial charge in [0.15, 0.2) is 0 Å². The Labute approximate surface area is 277 Å². The molecule has 0 radical (unpaired) electrons. The van der Waals surface area contributed by atoms with Crippen molar-refractivity contribution >= 4 is 35.8 Å². The molecule has 0 aliphatic heterocycles. The van der Waals surface area contributed by atoms with Gasteiger partial charge in [-0.3, -0.25) is 0 Å². The number of esters is 3. The Bertz CT molecular complexity index is 1420. The van der Waals surface area contributed by atoms with Crippen molar-refractivity contribution in [2.75, 3.05) is 19.8 Å². The van der Waals surface area contributed by atoms with Gasteiger partial charge < -0.3 is 29.5 Å². The van der Waals surface area contributed by atoms with Gasteiger partial charge in [-0.1, -0.05) is 56.2 Å². The van der Waals surface area contributed by atoms with E-state index in [1.807, 2.05) is 0 Å². The molecule has 0 aromatic heterocycles. The fourth-order valence-electron chi connectivity index (χ4n) is 4.38. The van der Waals surface area contributed by atoms with Crippen LogP contribution in [-0.2, 0) is 33.5 Å². The first kappa shape index (κ1) is 39.7. The van der Waals surface area contributed by atoms with Crippen molar-refractivity contribution in [2.45, 2.75) is 19.3 Å². The highest BCUT2D eigenvalue weighted by Crippen LogP contribution is 2.31. The molecule has 48 heavy (non-hydrogen) atoms. The molecule has 2 aromatic rings. The normalized spacial score (nSPS) is 9.75. The zero-order valence-electron chi connectivity index (χ0n) is 26.2. The number of carbonyl (C=O) groups is 6. The number of hydrogen-bond acceptors (Lipinski definition) is 9. The molecular formula is C36H36O12. The number of allylic oxidation sites excluding steroid dienone is 3. The van der Waals surface area contributed by atoms with E-state index in [0.717, 1.165) is 0 Å². The van der Waals surface area contributed by atoms with Crippen LogP contribution in [0.25, 0.3) is 0 Å². The van der Waals surface area contributed by atoms with E-state index in [9.17, 15) is 44.1 Å². The highest BCUT2D eigenvalue weighted by molar-refractivity contribution is 6.05. The van der Waals surface area contributed by atoms with E-state index in [1.165, 1.54) is 54.7 Å². The monoisotopic (exact) mass is 660 g/mol. The predicted octanol–water partition coefficient (Wildman–Crippen LogP) is 5.68. The van der Waals surface area contributed by atoms with Crippen molar-refractivity contribution < 1.29 is 58.3 Å². The molecule has 3 N–H and O–H groups in total. The molecule has 0 saturated carbocycles. The fraction of sp³-hybridized carbons (Fsp3) is 0.167. The smallest absolute Gasteiger partial charge is 0.338 e. The first-order valence-corrected chi connectivity index (χ1v) is 14.1. The summed E-state index contributed by atoms with van der Waals surface area (Å²) >= 11 is 0. The second kappa shape index (κ2) is 20.0. The first-order chi connectivity index (χ1) is 22.8. The van der Waals surface area contributed by atoms with Crippen LogP contribution in [0.4, 0.5) is 0 Å². The molecular weight excluding hydrogens is 624 g/mol. The maximum atomic E-state index is 12.0. The summed E-state index contributed by atoms with van der Waals surface area (Å²) in [6, 6.07) is 3.84. The third-order valence-electron chi connectivity index (χ3n) is 6.13. The number of ether oxygens (including phenoxy) is 3. The van der Waals surface area contributed by atoms with Gasteiger partial charge in [-0.25, -0.2) is 28.8 Å². The Hall–Kier alpha value is -6.30. The van der Waals surface area contributed by atoms with Crippen molar-refractivity contribution in [3.8, 4) is 0 Å². The van der Waals surface area contributed by atoms with Gasteiger partial charge in [0.25, 0.3) is 0 Å². The van der Waals surface area contributed by atoms with Crippen molar-refractivity contribution in [1.82, 2.24) is 0 Å². The van der Waals surface area contributed by atoms with E-state index >= 15 is 0 Å². The summed E-state index contributed by atoms with van der Waals surface area (Å²) in [7, 11) is 0. The van der Waals surface area contributed by atoms with Gasteiger partial charge in [-0.15, -0.1) is 19.7 Å². The lowest BCUT2D eigenvalue weighted by Gasteiger charge is -2.20. The molecule has 0 aliphatic rings. The van der Waals surface area contributed by atoms with Gasteiger partial charge >= 0.3 is 35.8 Å². The topological polar surface area (TPSA) is 191 Å². The Morgan fingerprint density at radius 1 is 0.458 bits per heavy atom. The Morgan fingerprint density at radius 3 is 0.854 bits per heavy atom. The zero-order valence-corrected chi connectivity index (χ0v) is 26.2. The summed E-state index contributed by atoms with van der Waals surface area (Å²) in [5.74, 6) is -6.28. The maximum Gasteiger partial charge on any atom is 0.338 e. The van der Waals surface area contributed by atoms with E-state index in [-0.39, 0.29) is 89.2 Å². The molecule has 252 valence electrons. The summed E-state index contributed by atoms with van der Waals surface area (Å²) in [6.45, 7) is 20.9. The van der Waals surface area contributed by atoms with Crippen molar-refractivity contribution in [3.05, 3.63) is 144 Å². The lowest BCUT2D eigenvalue weighted by molar-refractivity contribution is 0.0541. The van der Waals surface area contributed by atoms with Crippen LogP contribution in [0.15, 0.2) is 94.1 Å². The second-order valence-electron chi connectivity index (χ2n) is 9.41. The number of carboxylic acids is 3. The molecule has 12 nitrogen and oxygen atoms in total. The summed E-state index contributed by atoms with van der Waals surface area (Å²) in [4.78, 5) is 71.1. The molecule has 0 spiro atoms. The number of benzene rings is 2. The van der Waals surface area contributed by atoms with E-state index in [2.05, 4.69) is 39.5 Å². The summed E-state index contributed by atoms with van der Waals surface area (Å²) < 4.78 is 14.7. The molecule has 12 heteroatoms. The number of carbonyl (C=O) groups excluding carboxylic acids is 3. The molecule has 0 amide bonds. The third-order valence-corrected chi connectivity index (χ3v) is 6.13. The molecule has 2 rings (SSSR count). The second-order valence-corrected chi connectivity index (χ2v) is 9.41. The lowest BCUT2D eigenvalue weighted by atomic mass is 9.82. The van der Waals surface area contributed by atoms with Crippen LogP contribution in [-0.4, -0.2) is 71.0 Å². The summed E-state index contributed by atoms with van der Waals surface area (Å²) in [5.41, 5.74) is -0.801. The van der Waals surface area contributed by atoms with Crippen LogP contribution in [0.1, 0.15) is 78.8 Å². The molecule has 2 aromatic carbocycles. The Morgan fingerprint density at radius 2 is 0.688 bits per heavy atom. The van der Waals surface area contributed by atoms with Crippen LogP contribution in [0, 0.1) is 0 Å². The molecule has 0 unspecified atom stereocenters. The third kappa shape index (κ3) is 10.7. The minimum atomic E-state index is -1.39. The summed E-state index contributed by atoms with van der Waals surface area (Å²) in [6.07, 6.45) is 8.29. The molecule has 0 saturated heterocycles. The van der Waals surface area contributed by atoms with Crippen LogP contribution < -0.4 is 0 Å². The van der Waals surface area contributed by atoms with Crippen LogP contribution in [0.2, 0.25) is 0 Å². The van der Waals surface area contributed by atoms with Gasteiger partial charge in [0.1, 0.15) is 19.8 Å². The van der Waals surface area contributed by atoms with Gasteiger partial charge in [0.2, 0.25) is 0 Å². The highest BCUT2D eigenvalue weighted by atomic mass is 16.5. The van der Waals surface area contributed by atoms with Crippen molar-refractivity contribution in [1.29, 1.82) is 0 Å². The van der Waals surface area contributed by atoms with Crippen LogP contribution >= 0.6 is 0 Å². The molecule has 0 aliphatic carbocycles.